The summed E-state index contributed by atoms with van der Waals surface area (Å²) < 4.78 is 23.3. The van der Waals surface area contributed by atoms with Crippen molar-refractivity contribution in [2.24, 2.45) is 0 Å². The second-order valence-corrected chi connectivity index (χ2v) is 8.72. The van der Waals surface area contributed by atoms with Gasteiger partial charge >= 0.3 is 7.82 Å². The van der Waals surface area contributed by atoms with E-state index in [0.717, 1.165) is 0 Å². The second-order valence-electron chi connectivity index (χ2n) is 7.19. The molecule has 13 heteroatoms. The maximum absolute atomic E-state index is 11.4. The molecule has 3 rings (SSSR count). The fourth-order valence-electron chi connectivity index (χ4n) is 3.30. The van der Waals surface area contributed by atoms with Gasteiger partial charge in [-0.3, -0.25) is 13.9 Å². The number of rotatable bonds is 6. The molecule has 160 valence electrons. The predicted molar refractivity (Wildman–Crippen MR) is 104 cm³/mol. The number of aliphatic hydroxyl groups excluding tert-OH is 2. The first-order chi connectivity index (χ1) is 13.4. The Kier molecular flexibility index (Phi) is 6.10. The normalized spacial score (nSPS) is 27.2. The molecule has 0 amide bonds. The minimum atomic E-state index is -4.77. The van der Waals surface area contributed by atoms with Gasteiger partial charge in [0.25, 0.3) is 0 Å². The van der Waals surface area contributed by atoms with Crippen LogP contribution in [0, 0.1) is 4.77 Å². The maximum atomic E-state index is 11.4. The standard InChI is InChI=1S/C16H22N3O8PS/c1-3-16(2,27-28(23,24)25)6-9-11(21)12(22)14(26-9)19-7-8-4-5-10(20)17-13(8)18-15(19)29/h4-5,7,9,11-12,14,21-22H,3,6H2,1-2H3,(H2,23,24,25)(H,17,18,20,29)/t9-,11?,12+,14-,16?/m1/s1. The maximum Gasteiger partial charge on any atom is 0.470 e. The molecule has 0 aromatic carbocycles. The van der Waals surface area contributed by atoms with E-state index in [1.54, 1.807) is 6.92 Å². The van der Waals surface area contributed by atoms with Crippen molar-refractivity contribution in [1.82, 2.24) is 14.5 Å². The Morgan fingerprint density at radius 1 is 1.38 bits per heavy atom. The summed E-state index contributed by atoms with van der Waals surface area (Å²) in [4.78, 5) is 36.4. The average Bonchev–Trinajstić information content (AvgIpc) is 2.87. The zero-order valence-corrected chi connectivity index (χ0v) is 17.3. The van der Waals surface area contributed by atoms with Gasteiger partial charge < -0.3 is 29.7 Å². The minimum Gasteiger partial charge on any atom is -0.388 e. The molecule has 1 aliphatic heterocycles. The van der Waals surface area contributed by atoms with E-state index >= 15 is 0 Å². The van der Waals surface area contributed by atoms with E-state index in [4.69, 9.17) is 31.3 Å². The molecule has 0 saturated carbocycles. The molecule has 0 radical (unpaired) electrons. The summed E-state index contributed by atoms with van der Waals surface area (Å²) in [6.45, 7) is 3.16. The number of nitrogens with zero attached hydrogens (tertiary/aromatic N) is 2. The van der Waals surface area contributed by atoms with Gasteiger partial charge in [0.05, 0.1) is 11.7 Å². The van der Waals surface area contributed by atoms with Crippen molar-refractivity contribution in [2.75, 3.05) is 0 Å². The highest BCUT2D eigenvalue weighted by molar-refractivity contribution is 7.71. The van der Waals surface area contributed by atoms with E-state index in [9.17, 15) is 19.6 Å². The summed E-state index contributed by atoms with van der Waals surface area (Å²) in [6, 6.07) is 2.84. The molecule has 1 aliphatic rings. The lowest BCUT2D eigenvalue weighted by Gasteiger charge is -2.31. The van der Waals surface area contributed by atoms with Crippen molar-refractivity contribution in [1.29, 1.82) is 0 Å². The number of phosphoric acid groups is 1. The van der Waals surface area contributed by atoms with Crippen LogP contribution in [0.15, 0.2) is 23.1 Å². The van der Waals surface area contributed by atoms with Gasteiger partial charge in [0.2, 0.25) is 10.3 Å². The zero-order chi connectivity index (χ0) is 21.6. The van der Waals surface area contributed by atoms with Crippen LogP contribution in [-0.2, 0) is 13.8 Å². The lowest BCUT2D eigenvalue weighted by molar-refractivity contribution is -0.0701. The number of aromatic amines is 1. The van der Waals surface area contributed by atoms with Crippen molar-refractivity contribution >= 4 is 31.1 Å². The molecular formula is C16H22N3O8PS. The summed E-state index contributed by atoms with van der Waals surface area (Å²) in [5, 5.41) is 21.5. The number of H-pyrrole nitrogens is 1. The summed E-state index contributed by atoms with van der Waals surface area (Å²) in [5.41, 5.74) is -1.35. The zero-order valence-electron chi connectivity index (χ0n) is 15.6. The van der Waals surface area contributed by atoms with Gasteiger partial charge in [0.15, 0.2) is 6.23 Å². The van der Waals surface area contributed by atoms with E-state index in [0.29, 0.717) is 5.39 Å². The van der Waals surface area contributed by atoms with Crippen LogP contribution < -0.4 is 5.56 Å². The number of nitrogens with one attached hydrogen (secondary N) is 1. The Morgan fingerprint density at radius 2 is 2.07 bits per heavy atom. The molecule has 0 bridgehead atoms. The number of hydrogen-bond donors (Lipinski definition) is 5. The molecule has 2 aromatic heterocycles. The topological polar surface area (TPSA) is 167 Å². The lowest BCUT2D eigenvalue weighted by atomic mass is 9.93. The quantitative estimate of drug-likeness (QED) is 0.315. The molecule has 1 fully saturated rings. The monoisotopic (exact) mass is 447 g/mol. The van der Waals surface area contributed by atoms with E-state index in [-0.39, 0.29) is 28.8 Å². The Balaban J connectivity index is 1.89. The van der Waals surface area contributed by atoms with Crippen LogP contribution in [0.3, 0.4) is 0 Å². The molecule has 0 aliphatic carbocycles. The SMILES string of the molecule is CCC(C)(C[C@H]1O[C@@H](n2cc3ccc(=O)[nH]c3nc2=S)[C@@H](O)C1O)OP(=O)(O)O. The minimum absolute atomic E-state index is 0.0148. The number of aromatic nitrogens is 3. The van der Waals surface area contributed by atoms with E-state index in [1.807, 2.05) is 0 Å². The highest BCUT2D eigenvalue weighted by Crippen LogP contribution is 2.45. The fourth-order valence-corrected chi connectivity index (χ4v) is 4.32. The molecule has 1 saturated heterocycles. The molecule has 5 N–H and O–H groups in total. The van der Waals surface area contributed by atoms with Crippen molar-refractivity contribution in [3.63, 3.8) is 0 Å². The Hall–Kier alpha value is -1.50. The van der Waals surface area contributed by atoms with Gasteiger partial charge in [-0.1, -0.05) is 6.92 Å². The summed E-state index contributed by atoms with van der Waals surface area (Å²) in [5.74, 6) is 0. The largest absolute Gasteiger partial charge is 0.470 e. The number of phosphoric ester groups is 1. The van der Waals surface area contributed by atoms with Gasteiger partial charge in [-0.2, -0.15) is 0 Å². The Bertz CT molecular complexity index is 1070. The van der Waals surface area contributed by atoms with E-state index in [2.05, 4.69) is 9.97 Å². The van der Waals surface area contributed by atoms with E-state index in [1.165, 1.54) is 29.8 Å². The van der Waals surface area contributed by atoms with Crippen LogP contribution in [0.25, 0.3) is 11.0 Å². The van der Waals surface area contributed by atoms with Gasteiger partial charge in [0, 0.05) is 24.1 Å². The van der Waals surface area contributed by atoms with Crippen molar-refractivity contribution in [3.8, 4) is 0 Å². The summed E-state index contributed by atoms with van der Waals surface area (Å²) >= 11 is 5.22. The summed E-state index contributed by atoms with van der Waals surface area (Å²) in [7, 11) is -4.77. The average molecular weight is 447 g/mol. The molecule has 2 aromatic rings. The smallest absolute Gasteiger partial charge is 0.388 e. The number of hydrogen-bond acceptors (Lipinski definition) is 8. The van der Waals surface area contributed by atoms with Crippen LogP contribution in [0.5, 0.6) is 0 Å². The first-order valence-electron chi connectivity index (χ1n) is 8.82. The molecule has 2 unspecified atom stereocenters. The third-order valence-corrected chi connectivity index (χ3v) is 5.95. The van der Waals surface area contributed by atoms with Crippen molar-refractivity contribution in [2.45, 2.75) is 56.8 Å². The van der Waals surface area contributed by atoms with Crippen LogP contribution in [0.2, 0.25) is 0 Å². The Morgan fingerprint density at radius 3 is 2.69 bits per heavy atom. The van der Waals surface area contributed by atoms with Crippen LogP contribution in [-0.4, -0.2) is 58.4 Å². The highest BCUT2D eigenvalue weighted by Gasteiger charge is 2.47. The van der Waals surface area contributed by atoms with Crippen molar-refractivity contribution in [3.05, 3.63) is 33.5 Å². The summed E-state index contributed by atoms with van der Waals surface area (Å²) in [6.07, 6.45) is -3.08. The van der Waals surface area contributed by atoms with Crippen LogP contribution >= 0.6 is 20.0 Å². The third-order valence-electron chi connectivity index (χ3n) is 4.97. The molecule has 29 heavy (non-hydrogen) atoms. The fraction of sp³-hybridized carbons (Fsp3) is 0.562. The third kappa shape index (κ3) is 4.81. The predicted octanol–water partition coefficient (Wildman–Crippen LogP) is 0.741. The number of pyridine rings is 1. The van der Waals surface area contributed by atoms with Gasteiger partial charge in [0.1, 0.15) is 17.9 Å². The molecule has 11 nitrogen and oxygen atoms in total. The second kappa shape index (κ2) is 7.97. The number of fused-ring (bicyclic) bond motifs is 1. The van der Waals surface area contributed by atoms with Gasteiger partial charge in [-0.15, -0.1) is 0 Å². The molecular weight excluding hydrogens is 425 g/mol. The molecule has 3 heterocycles. The number of ether oxygens (including phenoxy) is 1. The number of aliphatic hydroxyl groups is 2. The van der Waals surface area contributed by atoms with Gasteiger partial charge in [-0.05, 0) is 31.6 Å². The molecule has 0 spiro atoms. The highest BCUT2D eigenvalue weighted by atomic mass is 32.1. The first kappa shape index (κ1) is 22.2. The van der Waals surface area contributed by atoms with E-state index < -0.39 is 38.0 Å². The first-order valence-corrected chi connectivity index (χ1v) is 10.8. The van der Waals surface area contributed by atoms with Crippen LogP contribution in [0.4, 0.5) is 0 Å². The lowest BCUT2D eigenvalue weighted by Crippen LogP contribution is -2.38. The molecule has 5 atom stereocenters. The van der Waals surface area contributed by atoms with Crippen LogP contribution in [0.1, 0.15) is 32.9 Å². The van der Waals surface area contributed by atoms with Crippen molar-refractivity contribution < 1.29 is 33.8 Å². The Labute approximate surface area is 170 Å². The van der Waals surface area contributed by atoms with Gasteiger partial charge in [-0.25, -0.2) is 9.55 Å².